The lowest BCUT2D eigenvalue weighted by molar-refractivity contribution is 0.695. The summed E-state index contributed by atoms with van der Waals surface area (Å²) in [6, 6.07) is 0. The first-order valence-corrected chi connectivity index (χ1v) is 3.93. The zero-order valence-corrected chi connectivity index (χ0v) is 6.97. The Bertz CT molecular complexity index is 35.8. The van der Waals surface area contributed by atoms with Crippen molar-refractivity contribution in [1.82, 2.24) is 0 Å². The lowest BCUT2D eigenvalue weighted by atomic mass is 10.2. The van der Waals surface area contributed by atoms with Crippen LogP contribution >= 0.6 is 0 Å². The Labute approximate surface area is 64.0 Å². The van der Waals surface area contributed by atoms with E-state index >= 15 is 0 Å². The Morgan fingerprint density at radius 2 is 1.10 bits per heavy atom. The van der Waals surface area contributed by atoms with E-state index in [1.54, 1.807) is 0 Å². The third kappa shape index (κ3) is 24.8. The van der Waals surface area contributed by atoms with E-state index in [1.165, 1.54) is 6.42 Å². The minimum Gasteiger partial charge on any atom is -0.331 e. The number of hydrogen-bond acceptors (Lipinski definition) is 3. The van der Waals surface area contributed by atoms with Crippen LogP contribution in [0.4, 0.5) is 0 Å². The average molecular weight is 147 g/mol. The summed E-state index contributed by atoms with van der Waals surface area (Å²) >= 11 is 0. The normalized spacial score (nSPS) is 8.40. The molecule has 0 aliphatic rings. The molecule has 0 aromatic carbocycles. The highest BCUT2D eigenvalue weighted by atomic mass is 14.5. The fourth-order valence-corrected chi connectivity index (χ4v) is 0.465. The van der Waals surface area contributed by atoms with E-state index in [1.807, 2.05) is 6.92 Å². The standard InChI is InChI=1S/C5H14N2.C2H7N/c6-4-2-1-3-5-7;1-2-3/h1-7H2;2-3H2,1H3. The summed E-state index contributed by atoms with van der Waals surface area (Å²) in [5.41, 5.74) is 15.3. The topological polar surface area (TPSA) is 78.1 Å². The van der Waals surface area contributed by atoms with E-state index in [9.17, 15) is 0 Å². The summed E-state index contributed by atoms with van der Waals surface area (Å²) in [5, 5.41) is 0. The molecule has 0 unspecified atom stereocenters. The SMILES string of the molecule is CCN.NCCCCCN. The predicted octanol–water partition coefficient (Wildman–Crippen LogP) is 0.0391. The van der Waals surface area contributed by atoms with Crippen LogP contribution in [0.5, 0.6) is 0 Å². The molecule has 0 radical (unpaired) electrons. The molecule has 0 saturated carbocycles. The third-order valence-corrected chi connectivity index (χ3v) is 0.908. The molecule has 0 rings (SSSR count). The zero-order valence-electron chi connectivity index (χ0n) is 6.97. The van der Waals surface area contributed by atoms with Crippen LogP contribution in [0.25, 0.3) is 0 Å². The molecule has 3 heteroatoms. The third-order valence-electron chi connectivity index (χ3n) is 0.908. The van der Waals surface area contributed by atoms with Crippen molar-refractivity contribution < 1.29 is 0 Å². The maximum Gasteiger partial charge on any atom is -0.00773 e. The van der Waals surface area contributed by atoms with Gasteiger partial charge in [0.2, 0.25) is 0 Å². The number of rotatable bonds is 4. The highest BCUT2D eigenvalue weighted by Gasteiger charge is 1.80. The van der Waals surface area contributed by atoms with E-state index in [-0.39, 0.29) is 0 Å². The van der Waals surface area contributed by atoms with Gasteiger partial charge < -0.3 is 17.2 Å². The van der Waals surface area contributed by atoms with Crippen LogP contribution in [0.15, 0.2) is 0 Å². The van der Waals surface area contributed by atoms with Crippen molar-refractivity contribution in [1.29, 1.82) is 0 Å². The second-order valence-corrected chi connectivity index (χ2v) is 2.05. The molecule has 3 nitrogen and oxygen atoms in total. The van der Waals surface area contributed by atoms with Crippen molar-refractivity contribution in [3.8, 4) is 0 Å². The smallest absolute Gasteiger partial charge is 0.00773 e. The van der Waals surface area contributed by atoms with Gasteiger partial charge in [0.05, 0.1) is 0 Å². The summed E-state index contributed by atoms with van der Waals surface area (Å²) in [5.74, 6) is 0. The molecule has 0 atom stereocenters. The number of nitrogens with two attached hydrogens (primary N) is 3. The molecule has 64 valence electrons. The van der Waals surface area contributed by atoms with Crippen LogP contribution in [0.1, 0.15) is 26.2 Å². The minimum atomic E-state index is 0.750. The molecule has 0 fully saturated rings. The monoisotopic (exact) mass is 147 g/mol. The first-order chi connectivity index (χ1) is 4.83. The van der Waals surface area contributed by atoms with Crippen molar-refractivity contribution in [2.75, 3.05) is 19.6 Å². The van der Waals surface area contributed by atoms with Gasteiger partial charge in [0.1, 0.15) is 0 Å². The van der Waals surface area contributed by atoms with Gasteiger partial charge in [-0.25, -0.2) is 0 Å². The quantitative estimate of drug-likeness (QED) is 0.491. The van der Waals surface area contributed by atoms with Gasteiger partial charge in [0.15, 0.2) is 0 Å². The van der Waals surface area contributed by atoms with Crippen molar-refractivity contribution in [2.24, 2.45) is 17.2 Å². The van der Waals surface area contributed by atoms with Gasteiger partial charge in [0, 0.05) is 0 Å². The summed E-state index contributed by atoms with van der Waals surface area (Å²) in [6.07, 6.45) is 3.43. The highest BCUT2D eigenvalue weighted by Crippen LogP contribution is 1.88. The minimum absolute atomic E-state index is 0.750. The molecule has 0 spiro atoms. The molecule has 6 N–H and O–H groups in total. The summed E-state index contributed by atoms with van der Waals surface area (Å²) in [7, 11) is 0. The van der Waals surface area contributed by atoms with Crippen LogP contribution in [-0.2, 0) is 0 Å². The van der Waals surface area contributed by atoms with Crippen molar-refractivity contribution >= 4 is 0 Å². The predicted molar refractivity (Wildman–Crippen MR) is 46.7 cm³/mol. The second-order valence-electron chi connectivity index (χ2n) is 2.05. The number of hydrogen-bond donors (Lipinski definition) is 3. The molecule has 10 heavy (non-hydrogen) atoms. The molecule has 0 aromatic rings. The number of unbranched alkanes of at least 4 members (excludes halogenated alkanes) is 2. The maximum atomic E-state index is 5.23. The van der Waals surface area contributed by atoms with Crippen molar-refractivity contribution in [3.63, 3.8) is 0 Å². The lowest BCUT2D eigenvalue weighted by Crippen LogP contribution is -2.02. The first kappa shape index (κ1) is 12.5. The van der Waals surface area contributed by atoms with E-state index in [2.05, 4.69) is 0 Å². The van der Waals surface area contributed by atoms with Gasteiger partial charge in [-0.2, -0.15) is 0 Å². The molecule has 0 aliphatic carbocycles. The van der Waals surface area contributed by atoms with Gasteiger partial charge in [-0.05, 0) is 32.5 Å². The second kappa shape index (κ2) is 15.9. The van der Waals surface area contributed by atoms with E-state index in [0.717, 1.165) is 32.5 Å². The van der Waals surface area contributed by atoms with E-state index < -0.39 is 0 Å². The Balaban J connectivity index is 0. The molecule has 0 saturated heterocycles. The first-order valence-electron chi connectivity index (χ1n) is 3.93. The largest absolute Gasteiger partial charge is 0.331 e. The molecule has 0 aliphatic heterocycles. The van der Waals surface area contributed by atoms with Crippen LogP contribution < -0.4 is 17.2 Å². The van der Waals surface area contributed by atoms with Crippen molar-refractivity contribution in [3.05, 3.63) is 0 Å². The molecule has 0 amide bonds. The Morgan fingerprint density at radius 3 is 1.30 bits per heavy atom. The van der Waals surface area contributed by atoms with Gasteiger partial charge >= 0.3 is 0 Å². The van der Waals surface area contributed by atoms with Crippen LogP contribution in [0.2, 0.25) is 0 Å². The van der Waals surface area contributed by atoms with Crippen LogP contribution in [-0.4, -0.2) is 19.6 Å². The highest BCUT2D eigenvalue weighted by molar-refractivity contribution is 4.41. The van der Waals surface area contributed by atoms with Gasteiger partial charge in [-0.15, -0.1) is 0 Å². The summed E-state index contributed by atoms with van der Waals surface area (Å²) < 4.78 is 0. The molecule has 0 bridgehead atoms. The molecular weight excluding hydrogens is 126 g/mol. The Hall–Kier alpha value is -0.120. The lowest BCUT2D eigenvalue weighted by Gasteiger charge is -1.91. The summed E-state index contributed by atoms with van der Waals surface area (Å²) in [6.45, 7) is 4.26. The van der Waals surface area contributed by atoms with Crippen molar-refractivity contribution in [2.45, 2.75) is 26.2 Å². The van der Waals surface area contributed by atoms with Gasteiger partial charge in [0.25, 0.3) is 0 Å². The van der Waals surface area contributed by atoms with Crippen LogP contribution in [0, 0.1) is 0 Å². The van der Waals surface area contributed by atoms with Gasteiger partial charge in [-0.3, -0.25) is 0 Å². The van der Waals surface area contributed by atoms with E-state index in [4.69, 9.17) is 17.2 Å². The molecule has 0 heterocycles. The summed E-state index contributed by atoms with van der Waals surface area (Å²) in [4.78, 5) is 0. The molecule has 0 aromatic heterocycles. The van der Waals surface area contributed by atoms with Gasteiger partial charge in [-0.1, -0.05) is 13.3 Å². The molecular formula is C7H21N3. The maximum absolute atomic E-state index is 5.23. The Kier molecular flexibility index (Phi) is 20.0. The zero-order chi connectivity index (χ0) is 8.24. The Morgan fingerprint density at radius 1 is 0.800 bits per heavy atom. The fourth-order valence-electron chi connectivity index (χ4n) is 0.465. The van der Waals surface area contributed by atoms with Crippen LogP contribution in [0.3, 0.4) is 0 Å². The van der Waals surface area contributed by atoms with E-state index in [0.29, 0.717) is 0 Å². The average Bonchev–Trinajstić information content (AvgIpc) is 1.91. The fraction of sp³-hybridized carbons (Fsp3) is 1.00.